The summed E-state index contributed by atoms with van der Waals surface area (Å²) in [6, 6.07) is 18.6. The molecular weight excluding hydrogens is 410 g/mol. The van der Waals surface area contributed by atoms with Gasteiger partial charge in [0.1, 0.15) is 0 Å². The van der Waals surface area contributed by atoms with Crippen molar-refractivity contribution in [3.8, 4) is 0 Å². The highest BCUT2D eigenvalue weighted by Gasteiger charge is 2.43. The highest BCUT2D eigenvalue weighted by molar-refractivity contribution is 5.90. The van der Waals surface area contributed by atoms with Crippen LogP contribution >= 0.6 is 0 Å². The van der Waals surface area contributed by atoms with Crippen molar-refractivity contribution in [2.24, 2.45) is 5.41 Å². The van der Waals surface area contributed by atoms with Crippen LogP contribution in [0.5, 0.6) is 0 Å². The van der Waals surface area contributed by atoms with Crippen LogP contribution in [0.1, 0.15) is 69.9 Å². The second-order valence-electron chi connectivity index (χ2n) is 10.4. The number of nitrogens with one attached hydrogen (secondary N) is 3. The molecule has 5 nitrogen and oxygen atoms in total. The molecule has 0 unspecified atom stereocenters. The lowest BCUT2D eigenvalue weighted by Crippen LogP contribution is -2.47. The topological polar surface area (TPSA) is 74.0 Å². The monoisotopic (exact) mass is 445 g/mol. The van der Waals surface area contributed by atoms with Gasteiger partial charge in [-0.25, -0.2) is 0 Å². The van der Waals surface area contributed by atoms with Gasteiger partial charge in [-0.15, -0.1) is 0 Å². The lowest BCUT2D eigenvalue weighted by Gasteiger charge is -2.30. The molecule has 1 heterocycles. The Morgan fingerprint density at radius 3 is 2.36 bits per heavy atom. The Balaban J connectivity index is 1.56. The number of hydrogen-bond acceptors (Lipinski definition) is 2. The van der Waals surface area contributed by atoms with Crippen molar-refractivity contribution in [2.75, 3.05) is 6.54 Å². The summed E-state index contributed by atoms with van der Waals surface area (Å²) >= 11 is 0. The Labute approximate surface area is 196 Å². The second kappa shape index (κ2) is 9.42. The number of benzene rings is 2. The molecule has 0 bridgehead atoms. The predicted molar refractivity (Wildman–Crippen MR) is 133 cm³/mol. The third-order valence-corrected chi connectivity index (χ3v) is 6.72. The van der Waals surface area contributed by atoms with Crippen molar-refractivity contribution < 1.29 is 9.59 Å². The first kappa shape index (κ1) is 23.1. The number of aromatic amines is 1. The molecule has 5 heteroatoms. The third kappa shape index (κ3) is 5.29. The van der Waals surface area contributed by atoms with Crippen molar-refractivity contribution in [2.45, 2.75) is 64.3 Å². The Morgan fingerprint density at radius 1 is 1.00 bits per heavy atom. The van der Waals surface area contributed by atoms with Crippen molar-refractivity contribution in [3.05, 3.63) is 71.9 Å². The average Bonchev–Trinajstić information content (AvgIpc) is 3.41. The molecule has 0 saturated heterocycles. The van der Waals surface area contributed by atoms with Gasteiger partial charge in [0, 0.05) is 41.5 Å². The quantitative estimate of drug-likeness (QED) is 0.463. The van der Waals surface area contributed by atoms with Crippen LogP contribution < -0.4 is 10.6 Å². The first-order valence-electron chi connectivity index (χ1n) is 12.0. The minimum atomic E-state index is -0.614. The summed E-state index contributed by atoms with van der Waals surface area (Å²) < 4.78 is 0. The molecule has 1 fully saturated rings. The lowest BCUT2D eigenvalue weighted by molar-refractivity contribution is -0.137. The van der Waals surface area contributed by atoms with Crippen LogP contribution in [-0.2, 0) is 9.59 Å². The number of amides is 2. The summed E-state index contributed by atoms with van der Waals surface area (Å²) in [6.45, 7) is 6.40. The number of fused-ring (bicyclic) bond motifs is 1. The molecule has 4 rings (SSSR count). The molecule has 2 aromatic carbocycles. The molecule has 1 saturated carbocycles. The highest BCUT2D eigenvalue weighted by atomic mass is 16.2. The normalized spacial score (nSPS) is 16.5. The fourth-order valence-corrected chi connectivity index (χ4v) is 5.16. The molecule has 1 aromatic heterocycles. The number of aromatic nitrogens is 1. The van der Waals surface area contributed by atoms with Gasteiger partial charge in [-0.1, -0.05) is 61.4 Å². The fourth-order valence-electron chi connectivity index (χ4n) is 5.16. The van der Waals surface area contributed by atoms with Gasteiger partial charge >= 0.3 is 0 Å². The van der Waals surface area contributed by atoms with Gasteiger partial charge in [-0.05, 0) is 50.8 Å². The van der Waals surface area contributed by atoms with Crippen LogP contribution in [0.25, 0.3) is 10.9 Å². The molecule has 174 valence electrons. The van der Waals surface area contributed by atoms with Crippen molar-refractivity contribution in [1.82, 2.24) is 15.6 Å². The minimum absolute atomic E-state index is 0.00447. The summed E-state index contributed by atoms with van der Waals surface area (Å²) in [5.41, 5.74) is 2.50. The number of carbonyl (C=O) groups is 2. The summed E-state index contributed by atoms with van der Waals surface area (Å²) in [6.07, 6.45) is 5.80. The van der Waals surface area contributed by atoms with Crippen LogP contribution in [0.3, 0.4) is 0 Å². The van der Waals surface area contributed by atoms with Crippen molar-refractivity contribution >= 4 is 22.7 Å². The molecule has 2 amide bonds. The van der Waals surface area contributed by atoms with E-state index in [9.17, 15) is 9.59 Å². The molecule has 0 aliphatic heterocycles. The summed E-state index contributed by atoms with van der Waals surface area (Å²) in [5, 5.41) is 7.46. The van der Waals surface area contributed by atoms with Gasteiger partial charge < -0.3 is 15.6 Å². The number of H-pyrrole nitrogens is 1. The molecule has 3 N–H and O–H groups in total. The maximum Gasteiger partial charge on any atom is 0.226 e. The largest absolute Gasteiger partial charge is 0.361 e. The highest BCUT2D eigenvalue weighted by Crippen LogP contribution is 2.42. The zero-order valence-corrected chi connectivity index (χ0v) is 19.9. The molecule has 1 aliphatic carbocycles. The standard InChI is InChI=1S/C28H35N3O2/c1-27(2,3)31-25(32)17-28(15-9-10-16-28)26(33)30-18-22(20-11-5-4-6-12-20)23-19-29-24-14-8-7-13-21(23)24/h4-8,11-14,19,22,29H,9-10,15-18H2,1-3H3,(H,30,33)(H,31,32)/t22-/m1/s1. The van der Waals surface area contributed by atoms with Crippen molar-refractivity contribution in [1.29, 1.82) is 0 Å². The van der Waals surface area contributed by atoms with Crippen molar-refractivity contribution in [3.63, 3.8) is 0 Å². The zero-order chi connectivity index (χ0) is 23.5. The molecule has 0 spiro atoms. The van der Waals surface area contributed by atoms with E-state index in [1.807, 2.05) is 51.1 Å². The number of rotatable bonds is 7. The van der Waals surface area contributed by atoms with E-state index in [2.05, 4.69) is 46.1 Å². The fraction of sp³-hybridized carbons (Fsp3) is 0.429. The third-order valence-electron chi connectivity index (χ3n) is 6.72. The van der Waals surface area contributed by atoms with Gasteiger partial charge in [-0.3, -0.25) is 9.59 Å². The average molecular weight is 446 g/mol. The Kier molecular flexibility index (Phi) is 6.59. The van der Waals surface area contributed by atoms with Crippen LogP contribution in [0.4, 0.5) is 0 Å². The van der Waals surface area contributed by atoms with E-state index in [0.29, 0.717) is 6.54 Å². The number of para-hydroxylation sites is 1. The smallest absolute Gasteiger partial charge is 0.226 e. The van der Waals surface area contributed by atoms with Crippen LogP contribution in [-0.4, -0.2) is 28.9 Å². The molecule has 3 aromatic rings. The Hall–Kier alpha value is -3.08. The SMILES string of the molecule is CC(C)(C)NC(=O)CC1(C(=O)NC[C@H](c2ccccc2)c2c[nH]c3ccccc23)CCCC1. The van der Waals surface area contributed by atoms with E-state index in [-0.39, 0.29) is 29.7 Å². The maximum atomic E-state index is 13.5. The second-order valence-corrected chi connectivity index (χ2v) is 10.4. The predicted octanol–water partition coefficient (Wildman–Crippen LogP) is 5.28. The van der Waals surface area contributed by atoms with E-state index >= 15 is 0 Å². The van der Waals surface area contributed by atoms with Crippen LogP contribution in [0.15, 0.2) is 60.8 Å². The van der Waals surface area contributed by atoms with E-state index in [1.54, 1.807) is 0 Å². The van der Waals surface area contributed by atoms with Gasteiger partial charge in [0.05, 0.1) is 5.41 Å². The molecule has 1 atom stereocenters. The molecule has 0 radical (unpaired) electrons. The van der Waals surface area contributed by atoms with Gasteiger partial charge in [0.15, 0.2) is 0 Å². The molecule has 33 heavy (non-hydrogen) atoms. The summed E-state index contributed by atoms with van der Waals surface area (Å²) in [4.78, 5) is 29.6. The van der Waals surface area contributed by atoms with Crippen LogP contribution in [0, 0.1) is 5.41 Å². The van der Waals surface area contributed by atoms with Gasteiger partial charge in [-0.2, -0.15) is 0 Å². The minimum Gasteiger partial charge on any atom is -0.361 e. The first-order chi connectivity index (χ1) is 15.8. The molecular formula is C28H35N3O2. The first-order valence-corrected chi connectivity index (χ1v) is 12.0. The van der Waals surface area contributed by atoms with E-state index < -0.39 is 5.41 Å². The Morgan fingerprint density at radius 2 is 1.67 bits per heavy atom. The summed E-state index contributed by atoms with van der Waals surface area (Å²) in [5.74, 6) is -0.0197. The number of hydrogen-bond donors (Lipinski definition) is 3. The summed E-state index contributed by atoms with van der Waals surface area (Å²) in [7, 11) is 0. The molecule has 1 aliphatic rings. The maximum absolute atomic E-state index is 13.5. The number of carbonyl (C=O) groups excluding carboxylic acids is 2. The van der Waals surface area contributed by atoms with Gasteiger partial charge in [0.25, 0.3) is 0 Å². The lowest BCUT2D eigenvalue weighted by atomic mass is 9.80. The van der Waals surface area contributed by atoms with E-state index in [4.69, 9.17) is 0 Å². The Bertz CT molecular complexity index is 1100. The van der Waals surface area contributed by atoms with E-state index in [1.165, 1.54) is 10.9 Å². The van der Waals surface area contributed by atoms with Gasteiger partial charge in [0.2, 0.25) is 11.8 Å². The van der Waals surface area contributed by atoms with Crippen LogP contribution in [0.2, 0.25) is 0 Å². The zero-order valence-electron chi connectivity index (χ0n) is 19.9. The van der Waals surface area contributed by atoms with E-state index in [0.717, 1.165) is 36.8 Å².